The molecular weight excluding hydrogens is 542 g/mol. The molecule has 3 amide bonds. The molecule has 2 rings (SSSR count). The molecule has 0 aliphatic heterocycles. The Bertz CT molecular complexity index is 1170. The molecule has 0 heterocycles. The van der Waals surface area contributed by atoms with E-state index in [-0.39, 0.29) is 36.7 Å². The molecule has 0 fully saturated rings. The molecule has 12 heteroatoms. The standard InChI is InChI=1S/C30H43N5O7/c1-3-18(2)26(32)29(40)35-25(17-20-9-13-22(37)14-10-20)28(39)34-24(16-19-7-11-21(36)12-8-19)27(38)33-23(30(41)42)6-4-5-15-31/h7-14,18,23-26,36-37H,3-6,15-17,31-32H2,1-2H3,(H,33,38)(H,34,39)(H,35,40)(H,41,42). The first-order valence-corrected chi connectivity index (χ1v) is 14.1. The third kappa shape index (κ3) is 11.0. The van der Waals surface area contributed by atoms with E-state index in [0.717, 1.165) is 0 Å². The summed E-state index contributed by atoms with van der Waals surface area (Å²) in [5.41, 5.74) is 12.8. The third-order valence-corrected chi connectivity index (χ3v) is 7.14. The lowest BCUT2D eigenvalue weighted by atomic mass is 9.98. The van der Waals surface area contributed by atoms with E-state index < -0.39 is 47.9 Å². The lowest BCUT2D eigenvalue weighted by molar-refractivity contribution is -0.142. The summed E-state index contributed by atoms with van der Waals surface area (Å²) in [5.74, 6) is -3.25. The highest BCUT2D eigenvalue weighted by Crippen LogP contribution is 2.15. The maximum absolute atomic E-state index is 13.6. The highest BCUT2D eigenvalue weighted by molar-refractivity contribution is 5.94. The Balaban J connectivity index is 2.33. The van der Waals surface area contributed by atoms with Gasteiger partial charge in [-0.2, -0.15) is 0 Å². The molecule has 5 unspecified atom stereocenters. The Hall–Kier alpha value is -4.16. The van der Waals surface area contributed by atoms with Gasteiger partial charge in [0.15, 0.2) is 0 Å². The van der Waals surface area contributed by atoms with Crippen LogP contribution in [-0.2, 0) is 32.0 Å². The number of hydrogen-bond donors (Lipinski definition) is 8. The van der Waals surface area contributed by atoms with E-state index in [4.69, 9.17) is 11.5 Å². The number of phenols is 2. The third-order valence-electron chi connectivity index (χ3n) is 7.14. The van der Waals surface area contributed by atoms with Gasteiger partial charge < -0.3 is 42.7 Å². The van der Waals surface area contributed by atoms with Gasteiger partial charge in [-0.1, -0.05) is 44.5 Å². The summed E-state index contributed by atoms with van der Waals surface area (Å²) >= 11 is 0. The Morgan fingerprint density at radius 1 is 0.738 bits per heavy atom. The summed E-state index contributed by atoms with van der Waals surface area (Å²) in [6.45, 7) is 4.10. The molecule has 0 radical (unpaired) electrons. The molecule has 10 N–H and O–H groups in total. The number of carbonyl (C=O) groups is 4. The SMILES string of the molecule is CCC(C)C(N)C(=O)NC(Cc1ccc(O)cc1)C(=O)NC(Cc1ccc(O)cc1)C(=O)NC(CCCCN)C(=O)O. The normalized spacial score (nSPS) is 14.6. The highest BCUT2D eigenvalue weighted by Gasteiger charge is 2.31. The molecule has 0 bridgehead atoms. The van der Waals surface area contributed by atoms with Crippen molar-refractivity contribution in [3.63, 3.8) is 0 Å². The fourth-order valence-corrected chi connectivity index (χ4v) is 4.23. The highest BCUT2D eigenvalue weighted by atomic mass is 16.4. The average Bonchev–Trinajstić information content (AvgIpc) is 2.97. The van der Waals surface area contributed by atoms with Gasteiger partial charge in [-0.05, 0) is 67.1 Å². The van der Waals surface area contributed by atoms with Gasteiger partial charge in [-0.25, -0.2) is 4.79 Å². The van der Waals surface area contributed by atoms with E-state index in [1.54, 1.807) is 24.3 Å². The molecule has 2 aromatic carbocycles. The topological polar surface area (TPSA) is 217 Å². The van der Waals surface area contributed by atoms with Gasteiger partial charge in [0.1, 0.15) is 29.6 Å². The molecule has 12 nitrogen and oxygen atoms in total. The largest absolute Gasteiger partial charge is 0.508 e. The molecule has 0 aliphatic carbocycles. The zero-order valence-corrected chi connectivity index (χ0v) is 24.1. The second kappa shape index (κ2) is 16.9. The van der Waals surface area contributed by atoms with Crippen LogP contribution in [0.3, 0.4) is 0 Å². The van der Waals surface area contributed by atoms with Crippen LogP contribution in [0.2, 0.25) is 0 Å². The van der Waals surface area contributed by atoms with Crippen molar-refractivity contribution in [2.24, 2.45) is 17.4 Å². The number of aromatic hydroxyl groups is 2. The fourth-order valence-electron chi connectivity index (χ4n) is 4.23. The van der Waals surface area contributed by atoms with Crippen molar-refractivity contribution in [2.45, 2.75) is 76.5 Å². The van der Waals surface area contributed by atoms with Crippen molar-refractivity contribution < 1.29 is 34.5 Å². The first-order chi connectivity index (χ1) is 19.9. The van der Waals surface area contributed by atoms with Crippen molar-refractivity contribution in [1.82, 2.24) is 16.0 Å². The molecular formula is C30H43N5O7. The number of aliphatic carboxylic acids is 1. The number of hydrogen-bond acceptors (Lipinski definition) is 8. The van der Waals surface area contributed by atoms with Crippen LogP contribution in [-0.4, -0.2) is 69.7 Å². The minimum Gasteiger partial charge on any atom is -0.508 e. The maximum Gasteiger partial charge on any atom is 0.326 e. The van der Waals surface area contributed by atoms with E-state index in [9.17, 15) is 34.5 Å². The lowest BCUT2D eigenvalue weighted by Gasteiger charge is -2.26. The van der Waals surface area contributed by atoms with E-state index in [2.05, 4.69) is 16.0 Å². The zero-order valence-electron chi connectivity index (χ0n) is 24.1. The Morgan fingerprint density at radius 2 is 1.17 bits per heavy atom. The summed E-state index contributed by atoms with van der Waals surface area (Å²) < 4.78 is 0. The number of unbranched alkanes of at least 4 members (excludes halogenated alkanes) is 1. The Kier molecular flexibility index (Phi) is 13.7. The molecule has 0 saturated heterocycles. The van der Waals surface area contributed by atoms with Gasteiger partial charge in [0.2, 0.25) is 17.7 Å². The van der Waals surface area contributed by atoms with Gasteiger partial charge in [0.05, 0.1) is 6.04 Å². The maximum atomic E-state index is 13.6. The minimum absolute atomic E-state index is 0.0146. The Morgan fingerprint density at radius 3 is 1.57 bits per heavy atom. The van der Waals surface area contributed by atoms with Crippen LogP contribution < -0.4 is 27.4 Å². The zero-order chi connectivity index (χ0) is 31.2. The number of benzene rings is 2. The number of rotatable bonds is 17. The molecule has 42 heavy (non-hydrogen) atoms. The van der Waals surface area contributed by atoms with E-state index >= 15 is 0 Å². The van der Waals surface area contributed by atoms with Crippen LogP contribution >= 0.6 is 0 Å². The predicted octanol–water partition coefficient (Wildman–Crippen LogP) is 0.924. The van der Waals surface area contributed by atoms with E-state index in [1.807, 2.05) is 13.8 Å². The number of amides is 3. The van der Waals surface area contributed by atoms with Gasteiger partial charge in [-0.15, -0.1) is 0 Å². The number of carbonyl (C=O) groups excluding carboxylic acids is 3. The summed E-state index contributed by atoms with van der Waals surface area (Å²) in [4.78, 5) is 51.8. The van der Waals surface area contributed by atoms with Crippen molar-refractivity contribution >= 4 is 23.7 Å². The van der Waals surface area contributed by atoms with Crippen LogP contribution in [0, 0.1) is 5.92 Å². The molecule has 0 aliphatic rings. The number of nitrogens with two attached hydrogens (primary N) is 2. The van der Waals surface area contributed by atoms with Crippen LogP contribution in [0.4, 0.5) is 0 Å². The van der Waals surface area contributed by atoms with Gasteiger partial charge in [0, 0.05) is 12.8 Å². The minimum atomic E-state index is -1.22. The second-order valence-corrected chi connectivity index (χ2v) is 10.5. The van der Waals surface area contributed by atoms with Gasteiger partial charge >= 0.3 is 5.97 Å². The van der Waals surface area contributed by atoms with Crippen LogP contribution in [0.25, 0.3) is 0 Å². The van der Waals surface area contributed by atoms with E-state index in [0.29, 0.717) is 36.9 Å². The summed E-state index contributed by atoms with van der Waals surface area (Å²) in [7, 11) is 0. The van der Waals surface area contributed by atoms with Crippen molar-refractivity contribution in [3.8, 4) is 11.5 Å². The summed E-state index contributed by atoms with van der Waals surface area (Å²) in [5, 5.41) is 36.8. The van der Waals surface area contributed by atoms with Crippen molar-refractivity contribution in [2.75, 3.05) is 6.54 Å². The smallest absolute Gasteiger partial charge is 0.326 e. The molecule has 5 atom stereocenters. The molecule has 0 spiro atoms. The molecule has 0 aromatic heterocycles. The van der Waals surface area contributed by atoms with Gasteiger partial charge in [0.25, 0.3) is 0 Å². The first kappa shape index (κ1) is 34.0. The fraction of sp³-hybridized carbons (Fsp3) is 0.467. The van der Waals surface area contributed by atoms with E-state index in [1.165, 1.54) is 24.3 Å². The number of carboxylic acid groups (broad SMARTS) is 1. The predicted molar refractivity (Wildman–Crippen MR) is 157 cm³/mol. The Labute approximate surface area is 245 Å². The molecule has 2 aromatic rings. The number of nitrogens with one attached hydrogen (secondary N) is 3. The van der Waals surface area contributed by atoms with Crippen LogP contribution in [0.15, 0.2) is 48.5 Å². The van der Waals surface area contributed by atoms with Crippen LogP contribution in [0.5, 0.6) is 11.5 Å². The quantitative estimate of drug-likeness (QED) is 0.124. The summed E-state index contributed by atoms with van der Waals surface area (Å²) in [6.07, 6.45) is 1.90. The second-order valence-electron chi connectivity index (χ2n) is 10.5. The summed E-state index contributed by atoms with van der Waals surface area (Å²) in [6, 6.07) is 7.75. The number of carboxylic acids is 1. The molecule has 0 saturated carbocycles. The number of phenolic OH excluding ortho intramolecular Hbond substituents is 2. The average molecular weight is 586 g/mol. The van der Waals surface area contributed by atoms with Gasteiger partial charge in [-0.3, -0.25) is 14.4 Å². The first-order valence-electron chi connectivity index (χ1n) is 14.1. The molecule has 230 valence electrons. The monoisotopic (exact) mass is 585 g/mol. The van der Waals surface area contributed by atoms with Crippen molar-refractivity contribution in [3.05, 3.63) is 59.7 Å². The lowest BCUT2D eigenvalue weighted by Crippen LogP contribution is -2.58. The van der Waals surface area contributed by atoms with Crippen LogP contribution in [0.1, 0.15) is 50.7 Å². The van der Waals surface area contributed by atoms with Crippen molar-refractivity contribution in [1.29, 1.82) is 0 Å².